The molecule has 6 nitrogen and oxygen atoms in total. The molecule has 1 atom stereocenters. The Morgan fingerprint density at radius 1 is 1.18 bits per heavy atom. The van der Waals surface area contributed by atoms with Gasteiger partial charge in [0.25, 0.3) is 0 Å². The fourth-order valence-corrected chi connectivity index (χ4v) is 3.75. The summed E-state index contributed by atoms with van der Waals surface area (Å²) in [6.45, 7) is 5.04. The van der Waals surface area contributed by atoms with Crippen LogP contribution in [-0.4, -0.2) is 37.5 Å². The molecule has 28 heavy (non-hydrogen) atoms. The Morgan fingerprint density at radius 2 is 1.86 bits per heavy atom. The molecule has 0 aliphatic heterocycles. The van der Waals surface area contributed by atoms with E-state index in [1.807, 2.05) is 61.2 Å². The van der Waals surface area contributed by atoms with Crippen molar-refractivity contribution in [2.24, 2.45) is 0 Å². The van der Waals surface area contributed by atoms with E-state index in [0.29, 0.717) is 29.1 Å². The van der Waals surface area contributed by atoms with E-state index in [4.69, 9.17) is 17.4 Å². The minimum Gasteiger partial charge on any atom is -0.338 e. The largest absolute Gasteiger partial charge is 0.338 e. The number of benzene rings is 2. The van der Waals surface area contributed by atoms with Gasteiger partial charge in [0.2, 0.25) is 11.1 Å². The summed E-state index contributed by atoms with van der Waals surface area (Å²) in [5.74, 6) is 6.73. The first-order chi connectivity index (χ1) is 13.5. The van der Waals surface area contributed by atoms with Gasteiger partial charge in [0.05, 0.1) is 5.25 Å². The summed E-state index contributed by atoms with van der Waals surface area (Å²) in [6.07, 6.45) is 0. The normalized spacial score (nSPS) is 12.0. The molecule has 0 aliphatic carbocycles. The van der Waals surface area contributed by atoms with Gasteiger partial charge in [0.1, 0.15) is 0 Å². The maximum absolute atomic E-state index is 12.9. The molecular formula is C20H22ClN5OS. The van der Waals surface area contributed by atoms with Crippen LogP contribution in [0.4, 0.5) is 0 Å². The van der Waals surface area contributed by atoms with Crippen LogP contribution in [0.2, 0.25) is 5.02 Å². The SMILES string of the molecule is CCN(Cc1ccccc1)C(=O)C(C)Sc1nnc(-c2ccc(Cl)cc2)n1N. The standard InChI is InChI=1S/C20H22ClN5OS/c1-3-25(13-15-7-5-4-6-8-15)19(27)14(2)28-20-24-23-18(26(20)22)16-9-11-17(21)12-10-16/h4-12,14H,3,13,22H2,1-2H3. The van der Waals surface area contributed by atoms with Crippen LogP contribution in [0.25, 0.3) is 11.4 Å². The fourth-order valence-electron chi connectivity index (χ4n) is 2.77. The van der Waals surface area contributed by atoms with Crippen molar-refractivity contribution in [1.82, 2.24) is 19.8 Å². The van der Waals surface area contributed by atoms with Crippen LogP contribution in [0.15, 0.2) is 59.8 Å². The maximum Gasteiger partial charge on any atom is 0.236 e. The summed E-state index contributed by atoms with van der Waals surface area (Å²) in [5, 5.41) is 9.10. The molecule has 0 fully saturated rings. The first-order valence-corrected chi connectivity index (χ1v) is 10.2. The minimum atomic E-state index is -0.340. The molecule has 3 rings (SSSR count). The number of aromatic nitrogens is 3. The Labute approximate surface area is 173 Å². The Balaban J connectivity index is 1.70. The molecule has 2 N–H and O–H groups in total. The summed E-state index contributed by atoms with van der Waals surface area (Å²) in [7, 11) is 0. The summed E-state index contributed by atoms with van der Waals surface area (Å²) in [4.78, 5) is 14.7. The number of nitrogens with zero attached hydrogens (tertiary/aromatic N) is 4. The van der Waals surface area contributed by atoms with Crippen LogP contribution in [0, 0.1) is 0 Å². The Bertz CT molecular complexity index is 930. The third-order valence-corrected chi connectivity index (χ3v) is 5.60. The number of thioether (sulfide) groups is 1. The highest BCUT2D eigenvalue weighted by molar-refractivity contribution is 8.00. The van der Waals surface area contributed by atoms with E-state index in [-0.39, 0.29) is 11.2 Å². The molecule has 1 heterocycles. The fraction of sp³-hybridized carbons (Fsp3) is 0.250. The maximum atomic E-state index is 12.9. The molecule has 0 saturated heterocycles. The highest BCUT2D eigenvalue weighted by atomic mass is 35.5. The number of rotatable bonds is 7. The van der Waals surface area contributed by atoms with Gasteiger partial charge in [-0.25, -0.2) is 4.68 Å². The molecular weight excluding hydrogens is 394 g/mol. The Kier molecular flexibility index (Phi) is 6.59. The molecule has 1 aromatic heterocycles. The van der Waals surface area contributed by atoms with E-state index in [0.717, 1.165) is 11.1 Å². The van der Waals surface area contributed by atoms with Gasteiger partial charge in [-0.15, -0.1) is 10.2 Å². The van der Waals surface area contributed by atoms with E-state index in [1.54, 1.807) is 12.1 Å². The van der Waals surface area contributed by atoms with Gasteiger partial charge in [-0.05, 0) is 43.7 Å². The van der Waals surface area contributed by atoms with Gasteiger partial charge in [0.15, 0.2) is 5.82 Å². The second-order valence-electron chi connectivity index (χ2n) is 6.28. The molecule has 1 amide bonds. The van der Waals surface area contributed by atoms with E-state index in [2.05, 4.69) is 10.2 Å². The second kappa shape index (κ2) is 9.12. The summed E-state index contributed by atoms with van der Waals surface area (Å²) >= 11 is 7.23. The van der Waals surface area contributed by atoms with Crippen molar-refractivity contribution in [3.63, 3.8) is 0 Å². The van der Waals surface area contributed by atoms with E-state index in [1.165, 1.54) is 16.4 Å². The average molecular weight is 416 g/mol. The number of nitrogen functional groups attached to an aromatic ring is 1. The quantitative estimate of drug-likeness (QED) is 0.468. The highest BCUT2D eigenvalue weighted by Gasteiger charge is 2.23. The van der Waals surface area contributed by atoms with Crippen molar-refractivity contribution in [3.05, 3.63) is 65.2 Å². The number of amides is 1. The molecule has 2 aromatic carbocycles. The minimum absolute atomic E-state index is 0.0346. The Morgan fingerprint density at radius 3 is 2.50 bits per heavy atom. The Hall–Kier alpha value is -2.51. The first kappa shape index (κ1) is 20.2. The van der Waals surface area contributed by atoms with Crippen molar-refractivity contribution in [2.75, 3.05) is 12.4 Å². The zero-order valence-electron chi connectivity index (χ0n) is 15.7. The smallest absolute Gasteiger partial charge is 0.236 e. The van der Waals surface area contributed by atoms with Crippen LogP contribution in [-0.2, 0) is 11.3 Å². The zero-order chi connectivity index (χ0) is 20.1. The monoisotopic (exact) mass is 415 g/mol. The highest BCUT2D eigenvalue weighted by Crippen LogP contribution is 2.26. The third kappa shape index (κ3) is 4.66. The zero-order valence-corrected chi connectivity index (χ0v) is 17.3. The van der Waals surface area contributed by atoms with Crippen molar-refractivity contribution >= 4 is 29.3 Å². The second-order valence-corrected chi connectivity index (χ2v) is 8.03. The van der Waals surface area contributed by atoms with Crippen molar-refractivity contribution in [2.45, 2.75) is 30.8 Å². The van der Waals surface area contributed by atoms with Crippen molar-refractivity contribution in [3.8, 4) is 11.4 Å². The lowest BCUT2D eigenvalue weighted by atomic mass is 10.2. The molecule has 0 saturated carbocycles. The summed E-state index contributed by atoms with van der Waals surface area (Å²) in [5.41, 5.74) is 1.91. The molecule has 0 aliphatic rings. The van der Waals surface area contributed by atoms with Gasteiger partial charge in [-0.3, -0.25) is 4.79 Å². The number of hydrogen-bond donors (Lipinski definition) is 1. The van der Waals surface area contributed by atoms with Crippen LogP contribution >= 0.6 is 23.4 Å². The number of carbonyl (C=O) groups excluding carboxylic acids is 1. The topological polar surface area (TPSA) is 77.0 Å². The molecule has 0 bridgehead atoms. The summed E-state index contributed by atoms with van der Waals surface area (Å²) < 4.78 is 1.41. The van der Waals surface area contributed by atoms with Crippen LogP contribution in [0.1, 0.15) is 19.4 Å². The number of hydrogen-bond acceptors (Lipinski definition) is 5. The van der Waals surface area contributed by atoms with Crippen molar-refractivity contribution < 1.29 is 4.79 Å². The lowest BCUT2D eigenvalue weighted by Crippen LogP contribution is -2.36. The molecule has 3 aromatic rings. The molecule has 1 unspecified atom stereocenters. The average Bonchev–Trinajstić information content (AvgIpc) is 3.07. The lowest BCUT2D eigenvalue weighted by molar-refractivity contribution is -0.130. The number of halogens is 1. The molecule has 8 heteroatoms. The van der Waals surface area contributed by atoms with Crippen LogP contribution in [0.3, 0.4) is 0 Å². The van der Waals surface area contributed by atoms with Crippen molar-refractivity contribution in [1.29, 1.82) is 0 Å². The van der Waals surface area contributed by atoms with Gasteiger partial charge in [-0.1, -0.05) is 53.7 Å². The van der Waals surface area contributed by atoms with Crippen LogP contribution in [0.5, 0.6) is 0 Å². The van der Waals surface area contributed by atoms with Gasteiger partial charge in [0, 0.05) is 23.7 Å². The predicted molar refractivity (Wildman–Crippen MR) is 113 cm³/mol. The third-order valence-electron chi connectivity index (χ3n) is 4.31. The molecule has 0 radical (unpaired) electrons. The van der Waals surface area contributed by atoms with Gasteiger partial charge < -0.3 is 10.7 Å². The summed E-state index contributed by atoms with van der Waals surface area (Å²) in [6, 6.07) is 17.1. The predicted octanol–water partition coefficient (Wildman–Crippen LogP) is 3.84. The van der Waals surface area contributed by atoms with Gasteiger partial charge >= 0.3 is 0 Å². The first-order valence-electron chi connectivity index (χ1n) is 8.95. The lowest BCUT2D eigenvalue weighted by Gasteiger charge is -2.24. The molecule has 0 spiro atoms. The van der Waals surface area contributed by atoms with E-state index in [9.17, 15) is 4.79 Å². The van der Waals surface area contributed by atoms with Crippen LogP contribution < -0.4 is 5.84 Å². The van der Waals surface area contributed by atoms with Gasteiger partial charge in [-0.2, -0.15) is 0 Å². The van der Waals surface area contributed by atoms with E-state index < -0.39 is 0 Å². The molecule has 146 valence electrons. The number of nitrogens with two attached hydrogens (primary N) is 1. The van der Waals surface area contributed by atoms with E-state index >= 15 is 0 Å². The number of carbonyl (C=O) groups is 1.